The number of carbonyl (C=O) groups is 1. The molecule has 7 nitrogen and oxygen atoms in total. The predicted molar refractivity (Wildman–Crippen MR) is 101 cm³/mol. The molecule has 0 atom stereocenters. The van der Waals surface area contributed by atoms with Crippen molar-refractivity contribution < 1.29 is 9.53 Å². The first kappa shape index (κ1) is 19.2. The van der Waals surface area contributed by atoms with Crippen molar-refractivity contribution in [3.63, 3.8) is 0 Å². The summed E-state index contributed by atoms with van der Waals surface area (Å²) in [5.74, 6) is 0.573. The monoisotopic (exact) mass is 363 g/mol. The van der Waals surface area contributed by atoms with E-state index in [2.05, 4.69) is 34.1 Å². The van der Waals surface area contributed by atoms with Crippen LogP contribution in [0.4, 0.5) is 4.79 Å². The Bertz CT molecular complexity index is 593. The lowest BCUT2D eigenvalue weighted by molar-refractivity contribution is 0.107. The molecule has 146 valence electrons. The summed E-state index contributed by atoms with van der Waals surface area (Å²) in [6.45, 7) is 11.2. The number of carbonyl (C=O) groups excluding carboxylic acids is 1. The van der Waals surface area contributed by atoms with Crippen molar-refractivity contribution in [2.24, 2.45) is 5.92 Å². The zero-order valence-corrected chi connectivity index (χ0v) is 16.2. The Balaban J connectivity index is 1.46. The molecule has 1 aromatic rings. The van der Waals surface area contributed by atoms with Crippen LogP contribution in [0.1, 0.15) is 50.1 Å². The van der Waals surface area contributed by atoms with Gasteiger partial charge in [0.15, 0.2) is 0 Å². The van der Waals surface area contributed by atoms with Crippen LogP contribution >= 0.6 is 0 Å². The highest BCUT2D eigenvalue weighted by Crippen LogP contribution is 2.24. The molecule has 0 aromatic carbocycles. The highest BCUT2D eigenvalue weighted by molar-refractivity contribution is 5.73. The molecule has 0 spiro atoms. The summed E-state index contributed by atoms with van der Waals surface area (Å²) in [7, 11) is 0. The number of likely N-dealkylation sites (tertiary alicyclic amines) is 1. The van der Waals surface area contributed by atoms with Gasteiger partial charge in [0.25, 0.3) is 0 Å². The van der Waals surface area contributed by atoms with E-state index in [0.717, 1.165) is 71.6 Å². The molecule has 0 radical (unpaired) electrons. The van der Waals surface area contributed by atoms with Gasteiger partial charge in [0.1, 0.15) is 0 Å². The molecule has 0 unspecified atom stereocenters. The fourth-order valence-electron chi connectivity index (χ4n) is 3.87. The summed E-state index contributed by atoms with van der Waals surface area (Å²) >= 11 is 0. The summed E-state index contributed by atoms with van der Waals surface area (Å²) in [5, 5.41) is 10.7. The molecular formula is C19H33N5O2. The number of nitrogens with one attached hydrogen (secondary N) is 2. The van der Waals surface area contributed by atoms with Crippen molar-refractivity contribution in [2.75, 3.05) is 32.8 Å². The van der Waals surface area contributed by atoms with Crippen LogP contribution in [0.25, 0.3) is 0 Å². The molecule has 3 heterocycles. The SMILES string of the molecule is CCCNC(=O)NCC1CCN(Cc2nn(CC)c3c2COCC3)CC1. The lowest BCUT2D eigenvalue weighted by Crippen LogP contribution is -2.42. The quantitative estimate of drug-likeness (QED) is 0.776. The van der Waals surface area contributed by atoms with Crippen molar-refractivity contribution in [2.45, 2.75) is 59.2 Å². The second-order valence-corrected chi connectivity index (χ2v) is 7.35. The van der Waals surface area contributed by atoms with Gasteiger partial charge in [0.05, 0.1) is 18.9 Å². The average Bonchev–Trinajstić information content (AvgIpc) is 3.03. The summed E-state index contributed by atoms with van der Waals surface area (Å²) in [4.78, 5) is 14.2. The van der Waals surface area contributed by atoms with Crippen molar-refractivity contribution in [3.8, 4) is 0 Å². The molecule has 1 fully saturated rings. The minimum atomic E-state index is -0.0361. The van der Waals surface area contributed by atoms with Gasteiger partial charge >= 0.3 is 6.03 Å². The van der Waals surface area contributed by atoms with Crippen LogP contribution in [0.5, 0.6) is 0 Å². The molecule has 0 saturated carbocycles. The highest BCUT2D eigenvalue weighted by atomic mass is 16.5. The first-order valence-corrected chi connectivity index (χ1v) is 10.1. The van der Waals surface area contributed by atoms with Gasteiger partial charge in [-0.05, 0) is 45.2 Å². The molecule has 0 aliphatic carbocycles. The fraction of sp³-hybridized carbons (Fsp3) is 0.789. The summed E-state index contributed by atoms with van der Waals surface area (Å²) in [6.07, 6.45) is 4.20. The molecule has 2 aliphatic heterocycles. The second kappa shape index (κ2) is 9.37. The Morgan fingerprint density at radius 2 is 2.08 bits per heavy atom. The Labute approximate surface area is 156 Å². The van der Waals surface area contributed by atoms with Crippen LogP contribution in [0, 0.1) is 5.92 Å². The van der Waals surface area contributed by atoms with E-state index < -0.39 is 0 Å². The number of hydrogen-bond donors (Lipinski definition) is 2. The van der Waals surface area contributed by atoms with E-state index in [4.69, 9.17) is 9.84 Å². The van der Waals surface area contributed by atoms with E-state index in [-0.39, 0.29) is 6.03 Å². The third-order valence-corrected chi connectivity index (χ3v) is 5.45. The zero-order chi connectivity index (χ0) is 18.4. The maximum absolute atomic E-state index is 11.7. The van der Waals surface area contributed by atoms with E-state index in [1.807, 2.05) is 0 Å². The Morgan fingerprint density at radius 1 is 1.27 bits per heavy atom. The van der Waals surface area contributed by atoms with Gasteiger partial charge in [0, 0.05) is 43.9 Å². The van der Waals surface area contributed by atoms with Crippen molar-refractivity contribution in [3.05, 3.63) is 17.0 Å². The molecule has 0 bridgehead atoms. The normalized spacial score (nSPS) is 18.5. The van der Waals surface area contributed by atoms with Crippen LogP contribution in [-0.4, -0.2) is 53.5 Å². The number of amides is 2. The summed E-state index contributed by atoms with van der Waals surface area (Å²) in [6, 6.07) is -0.0361. The smallest absolute Gasteiger partial charge is 0.314 e. The van der Waals surface area contributed by atoms with E-state index in [0.29, 0.717) is 12.5 Å². The Hall–Kier alpha value is -1.60. The Kier molecular flexibility index (Phi) is 6.91. The number of ether oxygens (including phenoxy) is 1. The van der Waals surface area contributed by atoms with Gasteiger partial charge in [-0.3, -0.25) is 9.58 Å². The number of rotatable bonds is 7. The Morgan fingerprint density at radius 3 is 2.81 bits per heavy atom. The van der Waals surface area contributed by atoms with E-state index >= 15 is 0 Å². The molecule has 1 aromatic heterocycles. The van der Waals surface area contributed by atoms with Crippen molar-refractivity contribution in [1.29, 1.82) is 0 Å². The number of urea groups is 1. The molecule has 7 heteroatoms. The predicted octanol–water partition coefficient (Wildman–Crippen LogP) is 1.90. The first-order valence-electron chi connectivity index (χ1n) is 10.1. The minimum absolute atomic E-state index is 0.0361. The van der Waals surface area contributed by atoms with Gasteiger partial charge in [0.2, 0.25) is 0 Å². The number of piperidine rings is 1. The highest BCUT2D eigenvalue weighted by Gasteiger charge is 2.25. The largest absolute Gasteiger partial charge is 0.376 e. The molecule has 2 aliphatic rings. The summed E-state index contributed by atoms with van der Waals surface area (Å²) < 4.78 is 7.82. The second-order valence-electron chi connectivity index (χ2n) is 7.35. The van der Waals surface area contributed by atoms with Crippen LogP contribution in [-0.2, 0) is 30.9 Å². The fourth-order valence-corrected chi connectivity index (χ4v) is 3.87. The van der Waals surface area contributed by atoms with Gasteiger partial charge in [-0.2, -0.15) is 5.10 Å². The lowest BCUT2D eigenvalue weighted by atomic mass is 9.96. The zero-order valence-electron chi connectivity index (χ0n) is 16.2. The molecule has 2 N–H and O–H groups in total. The van der Waals surface area contributed by atoms with E-state index in [1.54, 1.807) is 0 Å². The van der Waals surface area contributed by atoms with E-state index in [9.17, 15) is 4.79 Å². The minimum Gasteiger partial charge on any atom is -0.376 e. The van der Waals surface area contributed by atoms with Crippen molar-refractivity contribution >= 4 is 6.03 Å². The number of aromatic nitrogens is 2. The molecule has 3 rings (SSSR count). The molecule has 26 heavy (non-hydrogen) atoms. The summed E-state index contributed by atoms with van der Waals surface area (Å²) in [5.41, 5.74) is 3.87. The first-order chi connectivity index (χ1) is 12.7. The van der Waals surface area contributed by atoms with Gasteiger partial charge in [-0.15, -0.1) is 0 Å². The van der Waals surface area contributed by atoms with Gasteiger partial charge in [-0.25, -0.2) is 4.79 Å². The van der Waals surface area contributed by atoms with Crippen LogP contribution < -0.4 is 10.6 Å². The number of hydrogen-bond acceptors (Lipinski definition) is 4. The van der Waals surface area contributed by atoms with Crippen LogP contribution in [0.3, 0.4) is 0 Å². The average molecular weight is 364 g/mol. The van der Waals surface area contributed by atoms with Crippen molar-refractivity contribution in [1.82, 2.24) is 25.3 Å². The third kappa shape index (κ3) is 4.76. The third-order valence-electron chi connectivity index (χ3n) is 5.45. The standard InChI is InChI=1S/C19H33N5O2/c1-3-8-20-19(25)21-12-15-5-9-23(10-6-15)13-17-16-14-26-11-7-18(16)24(4-2)22-17/h15H,3-14H2,1-2H3,(H2,20,21,25). The maximum Gasteiger partial charge on any atom is 0.314 e. The van der Waals surface area contributed by atoms with Gasteiger partial charge in [-0.1, -0.05) is 6.92 Å². The number of aryl methyl sites for hydroxylation is 1. The maximum atomic E-state index is 11.7. The molecule has 1 saturated heterocycles. The molecular weight excluding hydrogens is 330 g/mol. The lowest BCUT2D eigenvalue weighted by Gasteiger charge is -2.31. The number of fused-ring (bicyclic) bond motifs is 1. The van der Waals surface area contributed by atoms with Gasteiger partial charge < -0.3 is 15.4 Å². The van der Waals surface area contributed by atoms with Crippen LogP contribution in [0.15, 0.2) is 0 Å². The number of nitrogens with zero attached hydrogens (tertiary/aromatic N) is 3. The van der Waals surface area contributed by atoms with Crippen LogP contribution in [0.2, 0.25) is 0 Å². The molecule has 2 amide bonds. The topological polar surface area (TPSA) is 71.4 Å². The van der Waals surface area contributed by atoms with E-state index in [1.165, 1.54) is 17.0 Å².